The highest BCUT2D eigenvalue weighted by Gasteiger charge is 2.40. The Labute approximate surface area is 161 Å². The van der Waals surface area contributed by atoms with Crippen LogP contribution in [0.5, 0.6) is 5.75 Å². The van der Waals surface area contributed by atoms with E-state index in [4.69, 9.17) is 26.8 Å². The summed E-state index contributed by atoms with van der Waals surface area (Å²) in [6, 6.07) is 5.66. The van der Waals surface area contributed by atoms with Crippen LogP contribution in [0, 0.1) is 5.41 Å². The van der Waals surface area contributed by atoms with Crippen LogP contribution in [0.3, 0.4) is 0 Å². The van der Waals surface area contributed by atoms with E-state index in [1.54, 1.807) is 7.11 Å². The van der Waals surface area contributed by atoms with Gasteiger partial charge in [0.25, 0.3) is 0 Å². The van der Waals surface area contributed by atoms with Crippen LogP contribution in [0.4, 0.5) is 0 Å². The molecule has 2 rings (SSSR count). The number of nitrogens with one attached hydrogen (secondary N) is 1. The summed E-state index contributed by atoms with van der Waals surface area (Å²) in [7, 11) is 1.66. The molecule has 1 aliphatic heterocycles. The molecule has 0 aromatic heterocycles. The van der Waals surface area contributed by atoms with Crippen LogP contribution in [-0.4, -0.2) is 39.3 Å². The fourth-order valence-electron chi connectivity index (χ4n) is 3.79. The Morgan fingerprint density at radius 2 is 2.00 bits per heavy atom. The third kappa shape index (κ3) is 4.16. The normalized spacial score (nSPS) is 17.0. The van der Waals surface area contributed by atoms with Crippen molar-refractivity contribution < 1.29 is 14.3 Å². The van der Waals surface area contributed by atoms with Crippen molar-refractivity contribution in [1.29, 1.82) is 0 Å². The second-order valence-corrected chi connectivity index (χ2v) is 7.55. The summed E-state index contributed by atoms with van der Waals surface area (Å²) in [5.74, 6) is 0.818. The van der Waals surface area contributed by atoms with Crippen LogP contribution in [-0.2, 0) is 14.9 Å². The summed E-state index contributed by atoms with van der Waals surface area (Å²) >= 11 is 6.27. The molecule has 146 valence electrons. The number of benzene rings is 1. The molecular weight excluding hydrogens is 352 g/mol. The molecule has 6 heteroatoms. The Hall–Kier alpha value is -1.30. The number of carbonyl (C=O) groups excluding carboxylic acids is 1. The zero-order valence-corrected chi connectivity index (χ0v) is 16.8. The maximum atomic E-state index is 12.9. The van der Waals surface area contributed by atoms with E-state index in [0.717, 1.165) is 37.0 Å². The Balaban J connectivity index is 2.31. The van der Waals surface area contributed by atoms with Crippen molar-refractivity contribution in [2.24, 2.45) is 11.1 Å². The number of methoxy groups -OCH3 is 1. The number of halogens is 1. The Morgan fingerprint density at radius 3 is 2.54 bits per heavy atom. The van der Waals surface area contributed by atoms with Gasteiger partial charge in [0.15, 0.2) is 0 Å². The summed E-state index contributed by atoms with van der Waals surface area (Å²) in [4.78, 5) is 12.9. The molecule has 0 saturated carbocycles. The summed E-state index contributed by atoms with van der Waals surface area (Å²) in [5.41, 5.74) is 6.19. The monoisotopic (exact) mass is 382 g/mol. The van der Waals surface area contributed by atoms with E-state index < -0.39 is 5.41 Å². The van der Waals surface area contributed by atoms with E-state index in [1.807, 2.05) is 32.0 Å². The van der Waals surface area contributed by atoms with Crippen LogP contribution in [0.15, 0.2) is 18.2 Å². The van der Waals surface area contributed by atoms with Gasteiger partial charge in [0, 0.05) is 42.3 Å². The molecule has 5 nitrogen and oxygen atoms in total. The quantitative estimate of drug-likeness (QED) is 0.723. The minimum atomic E-state index is -0.509. The van der Waals surface area contributed by atoms with Gasteiger partial charge in [-0.15, -0.1) is 0 Å². The second kappa shape index (κ2) is 9.07. The fourth-order valence-corrected chi connectivity index (χ4v) is 3.96. The van der Waals surface area contributed by atoms with E-state index in [9.17, 15) is 4.79 Å². The van der Waals surface area contributed by atoms with Crippen molar-refractivity contribution in [2.45, 2.75) is 44.9 Å². The Kier molecular flexibility index (Phi) is 7.33. The maximum Gasteiger partial charge on any atom is 0.227 e. The summed E-state index contributed by atoms with van der Waals surface area (Å²) < 4.78 is 11.2. The molecule has 0 bridgehead atoms. The number of rotatable bonds is 8. The molecule has 0 spiro atoms. The minimum Gasteiger partial charge on any atom is -0.496 e. The molecule has 26 heavy (non-hydrogen) atoms. The van der Waals surface area contributed by atoms with Gasteiger partial charge in [-0.2, -0.15) is 0 Å². The van der Waals surface area contributed by atoms with Crippen LogP contribution < -0.4 is 15.8 Å². The molecule has 1 aromatic carbocycles. The summed E-state index contributed by atoms with van der Waals surface area (Å²) in [6.07, 6.45) is 3.06. The molecule has 3 N–H and O–H groups in total. The number of hydrogen-bond donors (Lipinski definition) is 2. The van der Waals surface area contributed by atoms with Crippen LogP contribution in [0.1, 0.15) is 45.1 Å². The number of amides is 1. The first-order chi connectivity index (χ1) is 12.5. The first-order valence-corrected chi connectivity index (χ1v) is 9.75. The van der Waals surface area contributed by atoms with E-state index in [-0.39, 0.29) is 11.3 Å². The minimum absolute atomic E-state index is 0.0249. The Bertz CT molecular complexity index is 603. The van der Waals surface area contributed by atoms with Crippen molar-refractivity contribution in [3.8, 4) is 5.75 Å². The largest absolute Gasteiger partial charge is 0.496 e. The lowest BCUT2D eigenvalue weighted by atomic mass is 9.73. The third-order valence-electron chi connectivity index (χ3n) is 6.00. The molecule has 1 aromatic rings. The third-order valence-corrected chi connectivity index (χ3v) is 6.23. The molecular formula is C20H31ClN2O3. The molecule has 0 radical (unpaired) electrons. The van der Waals surface area contributed by atoms with E-state index in [2.05, 4.69) is 5.32 Å². The average molecular weight is 383 g/mol. The van der Waals surface area contributed by atoms with Crippen LogP contribution in [0.25, 0.3) is 0 Å². The molecule has 0 aliphatic carbocycles. The lowest BCUT2D eigenvalue weighted by Gasteiger charge is -2.40. The highest BCUT2D eigenvalue weighted by Crippen LogP contribution is 2.41. The standard InChI is InChI=1S/C20H31ClN2O3/c1-4-19(5-2,13-22)18(24)23-14-20(8-10-26-11-9-20)16-12-15(21)6-7-17(16)25-3/h6-7,12H,4-5,8-11,13-14,22H2,1-3H3,(H,23,24). The van der Waals surface area contributed by atoms with Crippen molar-refractivity contribution in [3.63, 3.8) is 0 Å². The maximum absolute atomic E-state index is 12.9. The van der Waals surface area contributed by atoms with E-state index >= 15 is 0 Å². The molecule has 1 amide bonds. The van der Waals surface area contributed by atoms with Gasteiger partial charge in [-0.3, -0.25) is 4.79 Å². The predicted molar refractivity (Wildman–Crippen MR) is 105 cm³/mol. The first kappa shape index (κ1) is 21.0. The predicted octanol–water partition coefficient (Wildman–Crippen LogP) is 3.28. The van der Waals surface area contributed by atoms with Crippen molar-refractivity contribution in [2.75, 3.05) is 33.4 Å². The zero-order chi connectivity index (χ0) is 19.2. The number of nitrogens with two attached hydrogens (primary N) is 1. The van der Waals surface area contributed by atoms with Crippen LogP contribution in [0.2, 0.25) is 5.02 Å². The van der Waals surface area contributed by atoms with Gasteiger partial charge in [0.2, 0.25) is 5.91 Å². The average Bonchev–Trinajstić information content (AvgIpc) is 2.69. The van der Waals surface area contributed by atoms with Crippen molar-refractivity contribution in [1.82, 2.24) is 5.32 Å². The molecule has 1 aliphatic rings. The highest BCUT2D eigenvalue weighted by molar-refractivity contribution is 6.30. The van der Waals surface area contributed by atoms with Gasteiger partial charge in [0.1, 0.15) is 5.75 Å². The lowest BCUT2D eigenvalue weighted by molar-refractivity contribution is -0.131. The Morgan fingerprint density at radius 1 is 1.35 bits per heavy atom. The second-order valence-electron chi connectivity index (χ2n) is 7.11. The van der Waals surface area contributed by atoms with E-state index in [1.165, 1.54) is 0 Å². The number of ether oxygens (including phenoxy) is 2. The number of carbonyl (C=O) groups is 1. The molecule has 0 unspecified atom stereocenters. The molecule has 1 saturated heterocycles. The van der Waals surface area contributed by atoms with Crippen molar-refractivity contribution in [3.05, 3.63) is 28.8 Å². The van der Waals surface area contributed by atoms with Gasteiger partial charge in [0.05, 0.1) is 12.5 Å². The molecule has 1 fully saturated rings. The number of hydrogen-bond acceptors (Lipinski definition) is 4. The molecule has 1 heterocycles. The topological polar surface area (TPSA) is 73.6 Å². The fraction of sp³-hybridized carbons (Fsp3) is 0.650. The molecule has 0 atom stereocenters. The SMILES string of the molecule is CCC(CC)(CN)C(=O)NCC1(c2cc(Cl)ccc2OC)CCOCC1. The first-order valence-electron chi connectivity index (χ1n) is 9.37. The van der Waals surface area contributed by atoms with Gasteiger partial charge in [-0.05, 0) is 43.9 Å². The smallest absolute Gasteiger partial charge is 0.227 e. The van der Waals surface area contributed by atoms with Gasteiger partial charge < -0.3 is 20.5 Å². The van der Waals surface area contributed by atoms with Crippen LogP contribution >= 0.6 is 11.6 Å². The van der Waals surface area contributed by atoms with E-state index in [0.29, 0.717) is 31.3 Å². The summed E-state index contributed by atoms with van der Waals surface area (Å²) in [6.45, 7) is 6.20. The summed E-state index contributed by atoms with van der Waals surface area (Å²) in [5, 5.41) is 3.85. The van der Waals surface area contributed by atoms with Gasteiger partial charge in [-0.1, -0.05) is 25.4 Å². The highest BCUT2D eigenvalue weighted by atomic mass is 35.5. The van der Waals surface area contributed by atoms with Crippen molar-refractivity contribution >= 4 is 17.5 Å². The zero-order valence-electron chi connectivity index (χ0n) is 16.1. The lowest BCUT2D eigenvalue weighted by Crippen LogP contribution is -2.51. The van der Waals surface area contributed by atoms with Gasteiger partial charge in [-0.25, -0.2) is 0 Å². The van der Waals surface area contributed by atoms with Gasteiger partial charge >= 0.3 is 0 Å².